The van der Waals surface area contributed by atoms with Gasteiger partial charge in [0.1, 0.15) is 23.8 Å². The first kappa shape index (κ1) is 29.3. The van der Waals surface area contributed by atoms with Crippen molar-refractivity contribution in [3.05, 3.63) is 29.6 Å². The first-order chi connectivity index (χ1) is 18.6. The zero-order chi connectivity index (χ0) is 29.5. The number of pyridine rings is 1. The normalized spacial score (nSPS) is 23.2. The van der Waals surface area contributed by atoms with E-state index >= 15 is 0 Å². The third-order valence-corrected chi connectivity index (χ3v) is 7.91. The molecule has 3 aliphatic rings. The van der Waals surface area contributed by atoms with Gasteiger partial charge in [-0.15, -0.1) is 0 Å². The standard InChI is InChI=1S/C27H33F3N6O4/c1-25(2,3)20(35-22(38)18-11-16(5-9-32-18)27(28,29)30)24(40)36-14-26(6-7-26)12-19(36)23(39)34-17(13-31)10-15-4-8-33-21(15)37/h5,9,11,15,17,19-20H,4,6-8,10,12,14H2,1-3H3,(H,33,37)(H,34,39)(H,35,38)/t15-,17-,19-,20+/m0/s1. The van der Waals surface area contributed by atoms with Crippen LogP contribution in [0.15, 0.2) is 18.3 Å². The van der Waals surface area contributed by atoms with E-state index in [4.69, 9.17) is 0 Å². The molecule has 0 unspecified atom stereocenters. The molecule has 40 heavy (non-hydrogen) atoms. The van der Waals surface area contributed by atoms with Crippen LogP contribution in [0.1, 0.15) is 68.9 Å². The number of hydrogen-bond donors (Lipinski definition) is 3. The van der Waals surface area contributed by atoms with Gasteiger partial charge >= 0.3 is 6.18 Å². The lowest BCUT2D eigenvalue weighted by Gasteiger charge is -2.35. The number of hydrogen-bond acceptors (Lipinski definition) is 6. The number of halogens is 3. The monoisotopic (exact) mass is 562 g/mol. The van der Waals surface area contributed by atoms with Crippen molar-refractivity contribution in [1.29, 1.82) is 5.26 Å². The van der Waals surface area contributed by atoms with E-state index in [-0.39, 0.29) is 30.2 Å². The number of rotatable bonds is 7. The number of nitrogens with zero attached hydrogens (tertiary/aromatic N) is 3. The van der Waals surface area contributed by atoms with Gasteiger partial charge in [0, 0.05) is 25.2 Å². The molecule has 3 N–H and O–H groups in total. The Morgan fingerprint density at radius 3 is 2.50 bits per heavy atom. The Hall–Kier alpha value is -3.69. The second kappa shape index (κ2) is 10.7. The number of nitrogens with one attached hydrogen (secondary N) is 3. The lowest BCUT2D eigenvalue weighted by Crippen LogP contribution is -2.58. The van der Waals surface area contributed by atoms with E-state index in [0.717, 1.165) is 25.1 Å². The largest absolute Gasteiger partial charge is 0.416 e. The lowest BCUT2D eigenvalue weighted by molar-refractivity contribution is -0.142. The highest BCUT2D eigenvalue weighted by atomic mass is 19.4. The van der Waals surface area contributed by atoms with Gasteiger partial charge in [0.05, 0.1) is 11.6 Å². The van der Waals surface area contributed by atoms with Gasteiger partial charge in [-0.2, -0.15) is 18.4 Å². The fourth-order valence-corrected chi connectivity index (χ4v) is 5.38. The number of nitriles is 1. The molecular formula is C27H33F3N6O4. The van der Waals surface area contributed by atoms with Crippen LogP contribution >= 0.6 is 0 Å². The van der Waals surface area contributed by atoms with Crippen LogP contribution in [0.4, 0.5) is 13.2 Å². The van der Waals surface area contributed by atoms with E-state index in [0.29, 0.717) is 25.5 Å². The van der Waals surface area contributed by atoms with Gasteiger partial charge in [-0.05, 0) is 55.1 Å². The van der Waals surface area contributed by atoms with E-state index in [1.54, 1.807) is 20.8 Å². The summed E-state index contributed by atoms with van der Waals surface area (Å²) in [7, 11) is 0. The molecule has 0 aromatic carbocycles. The minimum absolute atomic E-state index is 0.157. The number of likely N-dealkylation sites (tertiary alicyclic amines) is 1. The highest BCUT2D eigenvalue weighted by molar-refractivity contribution is 5.98. The van der Waals surface area contributed by atoms with Crippen LogP contribution in [0.2, 0.25) is 0 Å². The highest BCUT2D eigenvalue weighted by Gasteiger charge is 2.56. The Morgan fingerprint density at radius 2 is 1.95 bits per heavy atom. The summed E-state index contributed by atoms with van der Waals surface area (Å²) >= 11 is 0. The average molecular weight is 563 g/mol. The van der Waals surface area contributed by atoms with E-state index in [9.17, 15) is 37.6 Å². The van der Waals surface area contributed by atoms with Crippen molar-refractivity contribution in [2.45, 2.75) is 77.2 Å². The predicted molar refractivity (Wildman–Crippen MR) is 135 cm³/mol. The fraction of sp³-hybridized carbons (Fsp3) is 0.630. The molecule has 1 aliphatic carbocycles. The molecular weight excluding hydrogens is 529 g/mol. The molecule has 4 amide bonds. The smallest absolute Gasteiger partial charge is 0.356 e. The Balaban J connectivity index is 1.52. The minimum atomic E-state index is -4.67. The summed E-state index contributed by atoms with van der Waals surface area (Å²) in [6.07, 6.45) is -1.02. The second-order valence-electron chi connectivity index (χ2n) is 12.1. The van der Waals surface area contributed by atoms with Crippen molar-refractivity contribution in [3.8, 4) is 6.07 Å². The zero-order valence-corrected chi connectivity index (χ0v) is 22.6. The van der Waals surface area contributed by atoms with Gasteiger partial charge < -0.3 is 20.9 Å². The molecule has 3 heterocycles. The molecule has 10 nitrogen and oxygen atoms in total. The Morgan fingerprint density at radius 1 is 1.25 bits per heavy atom. The molecule has 0 bridgehead atoms. The SMILES string of the molecule is CC(C)(C)[C@H](NC(=O)c1cc(C(F)(F)F)ccn1)C(=O)N1CC2(CC2)C[C@H]1C(=O)N[C@H](C#N)C[C@@H]1CCNC1=O. The molecule has 2 aliphatic heterocycles. The summed E-state index contributed by atoms with van der Waals surface area (Å²) < 4.78 is 39.5. The summed E-state index contributed by atoms with van der Waals surface area (Å²) in [6.45, 7) is 5.90. The average Bonchev–Trinajstić information content (AvgIpc) is 3.34. The van der Waals surface area contributed by atoms with Gasteiger partial charge in [-0.1, -0.05) is 20.8 Å². The topological polar surface area (TPSA) is 144 Å². The van der Waals surface area contributed by atoms with E-state index < -0.39 is 58.7 Å². The number of alkyl halides is 3. The molecule has 3 fully saturated rings. The number of carbonyl (C=O) groups is 4. The van der Waals surface area contributed by atoms with E-state index in [1.165, 1.54) is 4.90 Å². The minimum Gasteiger partial charge on any atom is -0.356 e. The molecule has 216 valence electrons. The lowest BCUT2D eigenvalue weighted by atomic mass is 9.85. The first-order valence-electron chi connectivity index (χ1n) is 13.3. The predicted octanol–water partition coefficient (Wildman–Crippen LogP) is 2.16. The molecule has 1 spiro atoms. The molecule has 0 radical (unpaired) electrons. The Bertz CT molecular complexity index is 1230. The van der Waals surface area contributed by atoms with Crippen molar-refractivity contribution in [1.82, 2.24) is 25.8 Å². The molecule has 4 rings (SSSR count). The van der Waals surface area contributed by atoms with Crippen LogP contribution in [0, 0.1) is 28.1 Å². The van der Waals surface area contributed by atoms with Crippen LogP contribution in [-0.4, -0.2) is 64.7 Å². The molecule has 4 atom stereocenters. The van der Waals surface area contributed by atoms with E-state index in [2.05, 4.69) is 20.9 Å². The third-order valence-electron chi connectivity index (χ3n) is 7.91. The van der Waals surface area contributed by atoms with Crippen LogP contribution < -0.4 is 16.0 Å². The van der Waals surface area contributed by atoms with Crippen LogP contribution in [-0.2, 0) is 20.6 Å². The second-order valence-corrected chi connectivity index (χ2v) is 12.1. The highest BCUT2D eigenvalue weighted by Crippen LogP contribution is 2.55. The summed E-state index contributed by atoms with van der Waals surface area (Å²) in [4.78, 5) is 57.4. The molecule has 1 saturated carbocycles. The first-order valence-corrected chi connectivity index (χ1v) is 13.3. The van der Waals surface area contributed by atoms with Crippen molar-refractivity contribution < 1.29 is 32.3 Å². The number of aromatic nitrogens is 1. The molecule has 13 heteroatoms. The molecule has 2 saturated heterocycles. The van der Waals surface area contributed by atoms with Gasteiger partial charge in [0.25, 0.3) is 5.91 Å². The summed E-state index contributed by atoms with van der Waals surface area (Å²) in [5, 5.41) is 17.6. The Labute approximate surface area is 230 Å². The summed E-state index contributed by atoms with van der Waals surface area (Å²) in [6, 6.07) is 0.422. The quantitative estimate of drug-likeness (QED) is 0.465. The van der Waals surface area contributed by atoms with Crippen molar-refractivity contribution in [2.24, 2.45) is 16.7 Å². The van der Waals surface area contributed by atoms with Gasteiger partial charge in [-0.3, -0.25) is 24.2 Å². The molecule has 1 aromatic rings. The van der Waals surface area contributed by atoms with Crippen LogP contribution in [0.5, 0.6) is 0 Å². The van der Waals surface area contributed by atoms with E-state index in [1.807, 2.05) is 6.07 Å². The summed E-state index contributed by atoms with van der Waals surface area (Å²) in [5.74, 6) is -2.55. The van der Waals surface area contributed by atoms with Crippen molar-refractivity contribution in [3.63, 3.8) is 0 Å². The maximum Gasteiger partial charge on any atom is 0.416 e. The molecule has 1 aromatic heterocycles. The fourth-order valence-electron chi connectivity index (χ4n) is 5.38. The Kier molecular flexibility index (Phi) is 7.84. The maximum atomic E-state index is 13.9. The van der Waals surface area contributed by atoms with Gasteiger partial charge in [0.15, 0.2) is 0 Å². The third kappa shape index (κ3) is 6.37. The zero-order valence-electron chi connectivity index (χ0n) is 22.6. The van der Waals surface area contributed by atoms with Gasteiger partial charge in [0.2, 0.25) is 17.7 Å². The summed E-state index contributed by atoms with van der Waals surface area (Å²) in [5.41, 5.74) is -2.61. The van der Waals surface area contributed by atoms with Gasteiger partial charge in [-0.25, -0.2) is 0 Å². The van der Waals surface area contributed by atoms with Crippen molar-refractivity contribution in [2.75, 3.05) is 13.1 Å². The van der Waals surface area contributed by atoms with Crippen LogP contribution in [0.25, 0.3) is 0 Å². The van der Waals surface area contributed by atoms with Crippen molar-refractivity contribution >= 4 is 23.6 Å². The maximum absolute atomic E-state index is 13.9. The number of amides is 4. The van der Waals surface area contributed by atoms with Crippen LogP contribution in [0.3, 0.4) is 0 Å². The number of carbonyl (C=O) groups excluding carboxylic acids is 4.